The number of thiol groups is 1. The summed E-state index contributed by atoms with van der Waals surface area (Å²) in [5, 5.41) is 0. The second kappa shape index (κ2) is 61.9. The van der Waals surface area contributed by atoms with E-state index in [1.165, 1.54) is 0 Å². The Morgan fingerprint density at radius 2 is 0.857 bits per heavy atom. The van der Waals surface area contributed by atoms with Gasteiger partial charge >= 0.3 is 39.9 Å². The van der Waals surface area contributed by atoms with Crippen LogP contribution in [0.5, 0.6) is 0 Å². The maximum Gasteiger partial charge on any atom is 3.00 e. The van der Waals surface area contributed by atoms with Gasteiger partial charge in [0.05, 0.1) is 0 Å². The monoisotopic (exact) mass is 343 g/mol. The van der Waals surface area contributed by atoms with Gasteiger partial charge in [0, 0.05) is 0 Å². The molecule has 0 aliphatic heterocycles. The van der Waals surface area contributed by atoms with Crippen LogP contribution < -0.4 is 0 Å². The number of hydrogen-bond acceptors (Lipinski definition) is 1. The summed E-state index contributed by atoms with van der Waals surface area (Å²) in [4.78, 5) is 0. The van der Waals surface area contributed by atoms with Crippen molar-refractivity contribution in [3.63, 3.8) is 0 Å². The molecule has 0 aromatic rings. The van der Waals surface area contributed by atoms with Crippen molar-refractivity contribution >= 4 is 63.9 Å². The van der Waals surface area contributed by atoms with Crippen LogP contribution in [0.25, 0.3) is 0 Å². The van der Waals surface area contributed by atoms with Crippen LogP contribution in [0.3, 0.4) is 0 Å². The molecule has 0 aromatic carbocycles. The summed E-state index contributed by atoms with van der Waals surface area (Å²) in [7, 11) is 0. The SMILES string of the molecule is O.P.S.S.[Gd+3].[S-2].[SH-]. The predicted octanol–water partition coefficient (Wildman–Crippen LogP) is -0.814. The van der Waals surface area contributed by atoms with Crippen molar-refractivity contribution in [3.8, 4) is 0 Å². The Labute approximate surface area is 108 Å². The first-order valence-corrected chi connectivity index (χ1v) is 0. The molecule has 1 atom stereocenters. The van der Waals surface area contributed by atoms with E-state index in [9.17, 15) is 0 Å². The van der Waals surface area contributed by atoms with Crippen LogP contribution in [-0.2, 0) is 27.0 Å². The molecule has 0 rings (SSSR count). The summed E-state index contributed by atoms with van der Waals surface area (Å²) in [5.74, 6) is 0. The Balaban J connectivity index is 0. The van der Waals surface area contributed by atoms with Gasteiger partial charge in [-0.1, -0.05) is 0 Å². The first-order chi connectivity index (χ1) is 0. The molecule has 0 spiro atoms. The van der Waals surface area contributed by atoms with Crippen molar-refractivity contribution in [1.82, 2.24) is 0 Å². The summed E-state index contributed by atoms with van der Waals surface area (Å²) >= 11 is 0. The van der Waals surface area contributed by atoms with Gasteiger partial charge in [0.1, 0.15) is 0 Å². The molecule has 1 unspecified atom stereocenters. The molecule has 7 heavy (non-hydrogen) atoms. The van der Waals surface area contributed by atoms with E-state index in [1.807, 2.05) is 0 Å². The normalized spacial score (nSPS) is 0. The first-order valence-electron chi connectivity index (χ1n) is 0. The average Bonchev–Trinajstić information content (AvgIpc) is 0. The van der Waals surface area contributed by atoms with Gasteiger partial charge in [-0.15, -0.1) is 0 Å². The quantitative estimate of drug-likeness (QED) is 0.322. The van der Waals surface area contributed by atoms with Crippen molar-refractivity contribution in [2.24, 2.45) is 0 Å². The van der Waals surface area contributed by atoms with Crippen LogP contribution in [0.1, 0.15) is 0 Å². The molecule has 0 amide bonds. The zero-order valence-electron chi connectivity index (χ0n) is 3.42. The standard InChI is InChI=1S/Gd.H2O.H3P.3H2S.S/h;1H2;1H3;3*1H2;/q+3;;;;;;-2/p-1. The Morgan fingerprint density at radius 1 is 0.857 bits per heavy atom. The maximum absolute atomic E-state index is 0. The fraction of sp³-hybridized carbons (Fsp3) is 0. The zero-order valence-corrected chi connectivity index (χ0v) is 10.8. The zero-order chi connectivity index (χ0) is 0. The van der Waals surface area contributed by atoms with Crippen LogP contribution in [0, 0.1) is 39.9 Å². The summed E-state index contributed by atoms with van der Waals surface area (Å²) in [6.07, 6.45) is 0. The third-order valence-corrected chi connectivity index (χ3v) is 0. The molecular formula is H10GdOPS4. The predicted molar refractivity (Wildman–Crippen MR) is 51.6 cm³/mol. The first kappa shape index (κ1) is 86.6. The Bertz CT molecular complexity index is 11.7. The molecule has 1 radical (unpaired) electrons. The molecule has 0 saturated heterocycles. The van der Waals surface area contributed by atoms with Crippen LogP contribution >= 0.6 is 36.9 Å². The van der Waals surface area contributed by atoms with E-state index in [0.29, 0.717) is 0 Å². The van der Waals surface area contributed by atoms with Gasteiger partial charge in [-0.05, 0) is 0 Å². The molecule has 1 nitrogen and oxygen atoms in total. The van der Waals surface area contributed by atoms with Crippen molar-refractivity contribution < 1.29 is 45.4 Å². The molecule has 0 aliphatic carbocycles. The fourth-order valence-electron chi connectivity index (χ4n) is 0. The molecule has 7 heteroatoms. The van der Waals surface area contributed by atoms with E-state index in [0.717, 1.165) is 0 Å². The van der Waals surface area contributed by atoms with E-state index < -0.39 is 0 Å². The fourth-order valence-corrected chi connectivity index (χ4v) is 0. The summed E-state index contributed by atoms with van der Waals surface area (Å²) in [5.41, 5.74) is 0. The van der Waals surface area contributed by atoms with Crippen LogP contribution in [0.15, 0.2) is 0 Å². The molecule has 0 fully saturated rings. The molecule has 53 valence electrons. The third-order valence-electron chi connectivity index (χ3n) is 0. The second-order valence-electron chi connectivity index (χ2n) is 0. The van der Waals surface area contributed by atoms with Gasteiger partial charge in [-0.25, -0.2) is 0 Å². The molecule has 0 bridgehead atoms. The molecule has 0 heterocycles. The molecule has 0 aromatic heterocycles. The number of rotatable bonds is 0. The van der Waals surface area contributed by atoms with E-state index in [-0.39, 0.29) is 109 Å². The van der Waals surface area contributed by atoms with Gasteiger partial charge in [0.2, 0.25) is 0 Å². The summed E-state index contributed by atoms with van der Waals surface area (Å²) in [6.45, 7) is 0. The Kier molecular flexibility index (Phi) is 766. The van der Waals surface area contributed by atoms with Gasteiger partial charge in [-0.3, -0.25) is 0 Å². The van der Waals surface area contributed by atoms with Gasteiger partial charge < -0.3 is 32.5 Å². The van der Waals surface area contributed by atoms with Crippen molar-refractivity contribution in [1.29, 1.82) is 0 Å². The Hall–Kier alpha value is 3.11. The largest absolute Gasteiger partial charge is 3.00 e. The smallest absolute Gasteiger partial charge is 2.00 e. The van der Waals surface area contributed by atoms with Gasteiger partial charge in [0.25, 0.3) is 0 Å². The number of hydrogen-bond donors (Lipinski definition) is 0. The summed E-state index contributed by atoms with van der Waals surface area (Å²) < 4.78 is 0. The van der Waals surface area contributed by atoms with Gasteiger partial charge in [0.15, 0.2) is 0 Å². The van der Waals surface area contributed by atoms with E-state index in [4.69, 9.17) is 0 Å². The van der Waals surface area contributed by atoms with Crippen LogP contribution in [0.4, 0.5) is 0 Å². The van der Waals surface area contributed by atoms with E-state index in [1.54, 1.807) is 0 Å². The second-order valence-corrected chi connectivity index (χ2v) is 0. The van der Waals surface area contributed by atoms with Crippen LogP contribution in [0.2, 0.25) is 0 Å². The summed E-state index contributed by atoms with van der Waals surface area (Å²) in [6, 6.07) is 0. The minimum atomic E-state index is 0. The van der Waals surface area contributed by atoms with Crippen molar-refractivity contribution in [2.75, 3.05) is 0 Å². The van der Waals surface area contributed by atoms with Crippen molar-refractivity contribution in [3.05, 3.63) is 0 Å². The molecule has 0 aliphatic rings. The van der Waals surface area contributed by atoms with E-state index >= 15 is 0 Å². The van der Waals surface area contributed by atoms with Crippen LogP contribution in [-0.4, -0.2) is 5.48 Å². The molecule has 0 saturated carbocycles. The average molecular weight is 343 g/mol. The van der Waals surface area contributed by atoms with Gasteiger partial charge in [-0.2, -0.15) is 36.9 Å². The topological polar surface area (TPSA) is 31.5 Å². The molecule has 2 N–H and O–H groups in total. The van der Waals surface area contributed by atoms with Crippen molar-refractivity contribution in [2.45, 2.75) is 0 Å². The minimum absolute atomic E-state index is 0. The Morgan fingerprint density at radius 3 is 0.857 bits per heavy atom. The maximum atomic E-state index is 0. The third kappa shape index (κ3) is 47.6. The molecular weight excluding hydrogens is 332 g/mol. The van der Waals surface area contributed by atoms with E-state index in [2.05, 4.69) is 0 Å². The minimum Gasteiger partial charge on any atom is -2.00 e.